The van der Waals surface area contributed by atoms with E-state index in [1.807, 2.05) is 12.1 Å². The van der Waals surface area contributed by atoms with Crippen molar-refractivity contribution in [3.63, 3.8) is 0 Å². The Labute approximate surface area is 109 Å². The Hall–Kier alpha value is -2.68. The summed E-state index contributed by atoms with van der Waals surface area (Å²) < 4.78 is 23.2. The summed E-state index contributed by atoms with van der Waals surface area (Å²) >= 11 is 0. The minimum atomic E-state index is -0.812. The van der Waals surface area contributed by atoms with Gasteiger partial charge in [-0.1, -0.05) is 12.1 Å². The molecule has 2 aromatic rings. The van der Waals surface area contributed by atoms with Gasteiger partial charge in [0.15, 0.2) is 0 Å². The Balaban J connectivity index is 2.08. The van der Waals surface area contributed by atoms with Crippen LogP contribution in [-0.4, -0.2) is 17.1 Å². The maximum absolute atomic E-state index is 12.8. The first kappa shape index (κ1) is 12.8. The van der Waals surface area contributed by atoms with Crippen molar-refractivity contribution in [2.75, 3.05) is 7.11 Å². The van der Waals surface area contributed by atoms with Crippen LogP contribution in [0.1, 0.15) is 11.3 Å². The Bertz CT molecular complexity index is 608. The van der Waals surface area contributed by atoms with E-state index in [1.165, 1.54) is 0 Å². The molecule has 2 rings (SSSR count). The second-order valence-corrected chi connectivity index (χ2v) is 3.60. The van der Waals surface area contributed by atoms with Crippen LogP contribution in [0.15, 0.2) is 30.5 Å². The van der Waals surface area contributed by atoms with E-state index in [-0.39, 0.29) is 18.2 Å². The molecule has 0 spiro atoms. The number of halogens is 1. The van der Waals surface area contributed by atoms with E-state index in [1.54, 1.807) is 25.3 Å². The zero-order valence-corrected chi connectivity index (χ0v) is 10.1. The van der Waals surface area contributed by atoms with Crippen molar-refractivity contribution < 1.29 is 13.9 Å². The maximum Gasteiger partial charge on any atom is 0.251 e. The summed E-state index contributed by atoms with van der Waals surface area (Å²) in [6, 6.07) is 8.96. The summed E-state index contributed by atoms with van der Waals surface area (Å²) in [5.41, 5.74) is 0.698. The molecule has 0 bridgehead atoms. The molecule has 96 valence electrons. The van der Waals surface area contributed by atoms with Crippen molar-refractivity contribution in [2.45, 2.75) is 6.61 Å². The Morgan fingerprint density at radius 2 is 2.05 bits per heavy atom. The van der Waals surface area contributed by atoms with Crippen molar-refractivity contribution in [3.05, 3.63) is 47.7 Å². The normalized spacial score (nSPS) is 9.74. The monoisotopic (exact) mass is 259 g/mol. The molecule has 6 heteroatoms. The highest BCUT2D eigenvalue weighted by Gasteiger charge is 2.08. The van der Waals surface area contributed by atoms with Crippen molar-refractivity contribution >= 4 is 0 Å². The average Bonchev–Trinajstić information content (AvgIpc) is 2.46. The fourth-order valence-corrected chi connectivity index (χ4v) is 1.41. The van der Waals surface area contributed by atoms with Gasteiger partial charge in [0, 0.05) is 0 Å². The lowest BCUT2D eigenvalue weighted by Crippen LogP contribution is -2.02. The Kier molecular flexibility index (Phi) is 3.88. The van der Waals surface area contributed by atoms with Gasteiger partial charge in [-0.05, 0) is 17.7 Å². The zero-order valence-electron chi connectivity index (χ0n) is 10.1. The molecule has 0 amide bonds. The van der Waals surface area contributed by atoms with E-state index in [0.717, 1.165) is 17.5 Å². The van der Waals surface area contributed by atoms with Crippen molar-refractivity contribution in [1.29, 1.82) is 5.26 Å². The van der Waals surface area contributed by atoms with Gasteiger partial charge < -0.3 is 9.47 Å². The third-order valence-corrected chi connectivity index (χ3v) is 2.35. The molecule has 1 aromatic carbocycles. The van der Waals surface area contributed by atoms with E-state index >= 15 is 0 Å². The van der Waals surface area contributed by atoms with E-state index in [0.29, 0.717) is 0 Å². The molecule has 0 N–H and O–H groups in total. The highest BCUT2D eigenvalue weighted by Crippen LogP contribution is 2.15. The van der Waals surface area contributed by atoms with Crippen LogP contribution in [0, 0.1) is 17.3 Å². The highest BCUT2D eigenvalue weighted by molar-refractivity contribution is 5.31. The predicted molar refractivity (Wildman–Crippen MR) is 64.0 cm³/mol. The summed E-state index contributed by atoms with van der Waals surface area (Å²) in [4.78, 5) is 7.09. The van der Waals surface area contributed by atoms with E-state index in [2.05, 4.69) is 9.97 Å². The van der Waals surface area contributed by atoms with Crippen LogP contribution in [-0.2, 0) is 6.61 Å². The number of aromatic nitrogens is 2. The molecular formula is C13H10FN3O2. The average molecular weight is 259 g/mol. The summed E-state index contributed by atoms with van der Waals surface area (Å²) in [5, 5.41) is 8.79. The van der Waals surface area contributed by atoms with E-state index in [9.17, 15) is 4.39 Å². The van der Waals surface area contributed by atoms with Gasteiger partial charge in [0.1, 0.15) is 18.4 Å². The van der Waals surface area contributed by atoms with Crippen molar-refractivity contribution in [3.8, 4) is 17.7 Å². The van der Waals surface area contributed by atoms with Gasteiger partial charge in [0.25, 0.3) is 5.88 Å². The number of methoxy groups -OCH3 is 1. The van der Waals surface area contributed by atoms with Crippen LogP contribution >= 0.6 is 0 Å². The molecule has 0 saturated carbocycles. The molecule has 5 nitrogen and oxygen atoms in total. The predicted octanol–water partition coefficient (Wildman–Crippen LogP) is 2.07. The number of hydrogen-bond acceptors (Lipinski definition) is 5. The second-order valence-electron chi connectivity index (χ2n) is 3.60. The second kappa shape index (κ2) is 5.78. The van der Waals surface area contributed by atoms with Gasteiger partial charge in [0.2, 0.25) is 11.6 Å². The van der Waals surface area contributed by atoms with Gasteiger partial charge in [-0.3, -0.25) is 0 Å². The minimum absolute atomic E-state index is 0.0136. The van der Waals surface area contributed by atoms with E-state index in [4.69, 9.17) is 14.7 Å². The first-order valence-corrected chi connectivity index (χ1v) is 5.41. The maximum atomic E-state index is 12.8. The molecule has 0 aliphatic carbocycles. The molecule has 0 unspecified atom stereocenters. The van der Waals surface area contributed by atoms with Crippen LogP contribution in [0.2, 0.25) is 0 Å². The molecular weight excluding hydrogens is 249 g/mol. The summed E-state index contributed by atoms with van der Waals surface area (Å²) in [6.45, 7) is 0.207. The van der Waals surface area contributed by atoms with Crippen molar-refractivity contribution in [2.24, 2.45) is 0 Å². The first-order valence-electron chi connectivity index (χ1n) is 5.41. The molecule has 0 fully saturated rings. The number of benzene rings is 1. The van der Waals surface area contributed by atoms with Gasteiger partial charge in [-0.2, -0.15) is 9.65 Å². The van der Waals surface area contributed by atoms with Gasteiger partial charge in [-0.25, -0.2) is 9.97 Å². The van der Waals surface area contributed by atoms with Crippen LogP contribution in [0.3, 0.4) is 0 Å². The number of nitrogens with zero attached hydrogens (tertiary/aromatic N) is 3. The fraction of sp³-hybridized carbons (Fsp3) is 0.154. The van der Waals surface area contributed by atoms with E-state index < -0.39 is 5.95 Å². The van der Waals surface area contributed by atoms with Crippen LogP contribution < -0.4 is 9.47 Å². The standard InChI is InChI=1S/C13H10FN3O2/c1-18-10-4-2-9(3-5-10)8-19-13-11(6-15)17-12(14)7-16-13/h2-5,7H,8H2,1H3. The molecule has 19 heavy (non-hydrogen) atoms. The molecule has 0 aliphatic heterocycles. The molecule has 0 aliphatic rings. The first-order chi connectivity index (χ1) is 9.22. The lowest BCUT2D eigenvalue weighted by atomic mass is 10.2. The zero-order chi connectivity index (χ0) is 13.7. The van der Waals surface area contributed by atoms with Gasteiger partial charge >= 0.3 is 0 Å². The summed E-state index contributed by atoms with van der Waals surface area (Å²) in [5.74, 6) is -0.0592. The number of ether oxygens (including phenoxy) is 2. The molecule has 0 saturated heterocycles. The SMILES string of the molecule is COc1ccc(COc2ncc(F)nc2C#N)cc1. The number of rotatable bonds is 4. The summed E-state index contributed by atoms with van der Waals surface area (Å²) in [7, 11) is 1.58. The van der Waals surface area contributed by atoms with Gasteiger partial charge in [-0.15, -0.1) is 0 Å². The Morgan fingerprint density at radius 3 is 2.68 bits per heavy atom. The number of hydrogen-bond donors (Lipinski definition) is 0. The lowest BCUT2D eigenvalue weighted by Gasteiger charge is -2.06. The number of nitriles is 1. The largest absolute Gasteiger partial charge is 0.497 e. The third-order valence-electron chi connectivity index (χ3n) is 2.35. The highest BCUT2D eigenvalue weighted by atomic mass is 19.1. The smallest absolute Gasteiger partial charge is 0.251 e. The summed E-state index contributed by atoms with van der Waals surface area (Å²) in [6.07, 6.45) is 0.907. The minimum Gasteiger partial charge on any atom is -0.497 e. The molecule has 1 heterocycles. The molecule has 0 atom stereocenters. The van der Waals surface area contributed by atoms with Crippen LogP contribution in [0.25, 0.3) is 0 Å². The Morgan fingerprint density at radius 1 is 1.32 bits per heavy atom. The van der Waals surface area contributed by atoms with Crippen molar-refractivity contribution in [1.82, 2.24) is 9.97 Å². The van der Waals surface area contributed by atoms with Crippen LogP contribution in [0.4, 0.5) is 4.39 Å². The molecule has 0 radical (unpaired) electrons. The van der Waals surface area contributed by atoms with Gasteiger partial charge in [0.05, 0.1) is 13.3 Å². The lowest BCUT2D eigenvalue weighted by molar-refractivity contribution is 0.289. The fourth-order valence-electron chi connectivity index (χ4n) is 1.41. The quantitative estimate of drug-likeness (QED) is 0.840. The molecule has 1 aromatic heterocycles. The topological polar surface area (TPSA) is 68.0 Å². The third kappa shape index (κ3) is 3.16. The van der Waals surface area contributed by atoms with Crippen LogP contribution in [0.5, 0.6) is 11.6 Å².